The number of imidazole rings is 1. The number of carbonyl (C=O) groups excluding carboxylic acids is 1. The summed E-state index contributed by atoms with van der Waals surface area (Å²) in [5.74, 6) is 1.23. The number of rotatable bonds is 6. The quantitative estimate of drug-likeness (QED) is 0.352. The lowest BCUT2D eigenvalue weighted by molar-refractivity contribution is -0.121. The van der Waals surface area contributed by atoms with Crippen LogP contribution in [0.5, 0.6) is 0 Å². The summed E-state index contributed by atoms with van der Waals surface area (Å²) in [6.07, 6.45) is 1.71. The van der Waals surface area contributed by atoms with E-state index >= 15 is 0 Å². The number of hydrogen-bond acceptors (Lipinski definition) is 3. The van der Waals surface area contributed by atoms with E-state index in [0.29, 0.717) is 0 Å². The molecule has 1 fully saturated rings. The molecule has 4 aromatic rings. The van der Waals surface area contributed by atoms with Crippen molar-refractivity contribution in [1.29, 1.82) is 0 Å². The summed E-state index contributed by atoms with van der Waals surface area (Å²) in [6.45, 7) is 7.40. The fourth-order valence-electron chi connectivity index (χ4n) is 4.94. The Bertz CT molecular complexity index is 1340. The van der Waals surface area contributed by atoms with E-state index < -0.39 is 0 Å². The number of hydrogen-bond donors (Lipinski definition) is 1. The van der Waals surface area contributed by atoms with E-state index in [2.05, 4.69) is 58.1 Å². The first kappa shape index (κ1) is 23.6. The number of benzene rings is 3. The number of carbonyl (C=O) groups is 1. The number of aromatic nitrogens is 2. The largest absolute Gasteiger partial charge is 0.326 e. The van der Waals surface area contributed by atoms with Crippen molar-refractivity contribution in [3.8, 4) is 0 Å². The maximum Gasteiger partial charge on any atom is 0.227 e. The Morgan fingerprint density at radius 2 is 1.74 bits per heavy atom. The van der Waals surface area contributed by atoms with Gasteiger partial charge in [0.2, 0.25) is 5.91 Å². The molecule has 1 aromatic heterocycles. The van der Waals surface area contributed by atoms with Gasteiger partial charge in [-0.3, -0.25) is 9.69 Å². The Labute approximate surface area is 211 Å². The first-order valence-corrected chi connectivity index (χ1v) is 12.6. The number of fused-ring (bicyclic) bond motifs is 1. The second-order valence-corrected chi connectivity index (χ2v) is 10.0. The lowest BCUT2D eigenvalue weighted by Crippen LogP contribution is -2.38. The van der Waals surface area contributed by atoms with Gasteiger partial charge in [-0.1, -0.05) is 53.6 Å². The highest BCUT2D eigenvalue weighted by molar-refractivity contribution is 6.30. The van der Waals surface area contributed by atoms with Gasteiger partial charge in [-0.15, -0.1) is 0 Å². The van der Waals surface area contributed by atoms with Crippen molar-refractivity contribution in [2.75, 3.05) is 18.4 Å². The third kappa shape index (κ3) is 5.42. The van der Waals surface area contributed by atoms with Crippen LogP contribution in [0.4, 0.5) is 5.69 Å². The molecule has 0 saturated carbocycles. The van der Waals surface area contributed by atoms with Crippen molar-refractivity contribution >= 4 is 34.2 Å². The SMILES string of the molecule is Cc1ccc(NC(=O)C2CCN(Cc3nc4ccccc4n3Cc3ccc(Cl)cc3)CC2)c(C)c1. The zero-order valence-electron chi connectivity index (χ0n) is 20.3. The average Bonchev–Trinajstić information content (AvgIpc) is 3.19. The van der Waals surface area contributed by atoms with Gasteiger partial charge in [0.05, 0.1) is 17.6 Å². The average molecular weight is 487 g/mol. The highest BCUT2D eigenvalue weighted by Crippen LogP contribution is 2.25. The third-order valence-electron chi connectivity index (χ3n) is 6.95. The highest BCUT2D eigenvalue weighted by Gasteiger charge is 2.26. The molecule has 3 aromatic carbocycles. The highest BCUT2D eigenvalue weighted by atomic mass is 35.5. The summed E-state index contributed by atoms with van der Waals surface area (Å²) >= 11 is 6.09. The van der Waals surface area contributed by atoms with Crippen molar-refractivity contribution in [2.45, 2.75) is 39.8 Å². The molecule has 1 amide bonds. The van der Waals surface area contributed by atoms with E-state index in [0.717, 1.165) is 72.2 Å². The number of aryl methyl sites for hydroxylation is 2. The molecule has 1 aliphatic heterocycles. The fourth-order valence-corrected chi connectivity index (χ4v) is 5.06. The molecule has 1 N–H and O–H groups in total. The van der Waals surface area contributed by atoms with E-state index in [1.165, 1.54) is 11.1 Å². The Balaban J connectivity index is 1.26. The number of halogens is 1. The molecule has 6 heteroatoms. The maximum atomic E-state index is 12.9. The van der Waals surface area contributed by atoms with E-state index in [9.17, 15) is 4.79 Å². The Hall–Kier alpha value is -3.15. The molecule has 0 bridgehead atoms. The van der Waals surface area contributed by atoms with Gasteiger partial charge in [-0.05, 0) is 81.2 Å². The number of nitrogens with one attached hydrogen (secondary N) is 1. The second kappa shape index (κ2) is 10.2. The predicted octanol–water partition coefficient (Wildman–Crippen LogP) is 6.21. The van der Waals surface area contributed by atoms with Crippen molar-refractivity contribution in [2.24, 2.45) is 5.92 Å². The van der Waals surface area contributed by atoms with Crippen LogP contribution in [0.1, 0.15) is 35.4 Å². The summed E-state index contributed by atoms with van der Waals surface area (Å²) in [4.78, 5) is 20.3. The van der Waals surface area contributed by atoms with Crippen molar-refractivity contribution in [3.63, 3.8) is 0 Å². The smallest absolute Gasteiger partial charge is 0.227 e. The first-order valence-electron chi connectivity index (χ1n) is 12.3. The molecule has 180 valence electrons. The summed E-state index contributed by atoms with van der Waals surface area (Å²) in [5, 5.41) is 3.89. The molecule has 35 heavy (non-hydrogen) atoms. The lowest BCUT2D eigenvalue weighted by atomic mass is 9.95. The Kier molecular flexibility index (Phi) is 6.89. The minimum Gasteiger partial charge on any atom is -0.326 e. The van der Waals surface area contributed by atoms with Crippen LogP contribution in [0.15, 0.2) is 66.7 Å². The second-order valence-electron chi connectivity index (χ2n) is 9.59. The minimum atomic E-state index is 0.0415. The van der Waals surface area contributed by atoms with Crippen molar-refractivity contribution in [3.05, 3.63) is 94.3 Å². The molecule has 1 saturated heterocycles. The van der Waals surface area contributed by atoms with Gasteiger partial charge >= 0.3 is 0 Å². The van der Waals surface area contributed by atoms with Crippen LogP contribution in [0, 0.1) is 19.8 Å². The number of piperidine rings is 1. The Morgan fingerprint density at radius 1 is 1.00 bits per heavy atom. The van der Waals surface area contributed by atoms with Crippen molar-refractivity contribution in [1.82, 2.24) is 14.5 Å². The van der Waals surface area contributed by atoms with Gasteiger partial charge in [0.25, 0.3) is 0 Å². The number of para-hydroxylation sites is 2. The molecule has 5 nitrogen and oxygen atoms in total. The van der Waals surface area contributed by atoms with Crippen LogP contribution in [0.25, 0.3) is 11.0 Å². The Morgan fingerprint density at radius 3 is 2.49 bits per heavy atom. The summed E-state index contributed by atoms with van der Waals surface area (Å²) < 4.78 is 2.30. The van der Waals surface area contributed by atoms with Gasteiger partial charge < -0.3 is 9.88 Å². The van der Waals surface area contributed by atoms with Crippen LogP contribution in [-0.4, -0.2) is 33.4 Å². The molecule has 2 heterocycles. The van der Waals surface area contributed by atoms with E-state index in [1.807, 2.05) is 37.3 Å². The summed E-state index contributed by atoms with van der Waals surface area (Å²) in [7, 11) is 0. The fraction of sp³-hybridized carbons (Fsp3) is 0.310. The van der Waals surface area contributed by atoms with Crippen LogP contribution in [-0.2, 0) is 17.9 Å². The third-order valence-corrected chi connectivity index (χ3v) is 7.20. The van der Waals surface area contributed by atoms with Crippen LogP contribution >= 0.6 is 11.6 Å². The molecule has 5 rings (SSSR count). The molecular formula is C29H31ClN4O. The van der Waals surface area contributed by atoms with Crippen LogP contribution in [0.2, 0.25) is 5.02 Å². The van der Waals surface area contributed by atoms with Crippen molar-refractivity contribution < 1.29 is 4.79 Å². The van der Waals surface area contributed by atoms with Gasteiger partial charge in [0.15, 0.2) is 0 Å². The number of likely N-dealkylation sites (tertiary alicyclic amines) is 1. The monoisotopic (exact) mass is 486 g/mol. The summed E-state index contributed by atoms with van der Waals surface area (Å²) in [5.41, 5.74) is 6.57. The number of anilines is 1. The lowest BCUT2D eigenvalue weighted by Gasteiger charge is -2.31. The normalized spacial score (nSPS) is 14.9. The molecule has 0 unspecified atom stereocenters. The van der Waals surface area contributed by atoms with Gasteiger partial charge in [0, 0.05) is 23.2 Å². The van der Waals surface area contributed by atoms with Gasteiger partial charge in [-0.2, -0.15) is 0 Å². The van der Waals surface area contributed by atoms with E-state index in [1.54, 1.807) is 0 Å². The predicted molar refractivity (Wildman–Crippen MR) is 143 cm³/mol. The molecular weight excluding hydrogens is 456 g/mol. The first-order chi connectivity index (χ1) is 17.0. The zero-order valence-corrected chi connectivity index (χ0v) is 21.1. The molecule has 0 radical (unpaired) electrons. The number of amides is 1. The van der Waals surface area contributed by atoms with Gasteiger partial charge in [0.1, 0.15) is 5.82 Å². The van der Waals surface area contributed by atoms with Gasteiger partial charge in [-0.25, -0.2) is 4.98 Å². The molecule has 0 spiro atoms. The topological polar surface area (TPSA) is 50.2 Å². The molecule has 0 atom stereocenters. The zero-order chi connectivity index (χ0) is 24.4. The molecule has 1 aliphatic rings. The summed E-state index contributed by atoms with van der Waals surface area (Å²) in [6, 6.07) is 22.5. The van der Waals surface area contributed by atoms with E-state index in [-0.39, 0.29) is 11.8 Å². The van der Waals surface area contributed by atoms with E-state index in [4.69, 9.17) is 16.6 Å². The van der Waals surface area contributed by atoms with Crippen LogP contribution < -0.4 is 5.32 Å². The standard InChI is InChI=1S/C29H31ClN4O/c1-20-7-12-25(21(2)17-20)32-29(35)23-13-15-33(16-14-23)19-28-31-26-5-3-4-6-27(26)34(28)18-22-8-10-24(30)11-9-22/h3-12,17,23H,13-16,18-19H2,1-2H3,(H,32,35). The number of nitrogens with zero attached hydrogens (tertiary/aromatic N) is 3. The maximum absolute atomic E-state index is 12.9. The molecule has 0 aliphatic carbocycles. The minimum absolute atomic E-state index is 0.0415. The van der Waals surface area contributed by atoms with Crippen LogP contribution in [0.3, 0.4) is 0 Å².